The molecule has 0 aliphatic carbocycles. The molecule has 1 aromatic heterocycles. The Kier molecular flexibility index (Phi) is 5.23. The Balaban J connectivity index is 2.36. The van der Waals surface area contributed by atoms with Gasteiger partial charge in [-0.05, 0) is 42.3 Å². The number of pyridine rings is 1. The number of alkyl halides is 3. The highest BCUT2D eigenvalue weighted by Gasteiger charge is 2.34. The molecule has 0 radical (unpaired) electrons. The van der Waals surface area contributed by atoms with E-state index in [2.05, 4.69) is 10.3 Å². The molecule has 1 aromatic carbocycles. The van der Waals surface area contributed by atoms with Crippen LogP contribution in [-0.4, -0.2) is 16.1 Å². The van der Waals surface area contributed by atoms with Crippen LogP contribution >= 0.6 is 0 Å². The molecule has 126 valence electrons. The number of anilines is 1. The van der Waals surface area contributed by atoms with Gasteiger partial charge in [-0.15, -0.1) is 0 Å². The Morgan fingerprint density at radius 1 is 1.29 bits per heavy atom. The van der Waals surface area contributed by atoms with Gasteiger partial charge in [0.25, 0.3) is 0 Å². The van der Waals surface area contributed by atoms with E-state index in [9.17, 15) is 18.0 Å². The van der Waals surface area contributed by atoms with Crippen molar-refractivity contribution >= 4 is 17.9 Å². The second kappa shape index (κ2) is 7.16. The predicted molar refractivity (Wildman–Crippen MR) is 84.4 cm³/mol. The summed E-state index contributed by atoms with van der Waals surface area (Å²) in [7, 11) is 0. The van der Waals surface area contributed by atoms with Crippen LogP contribution in [0.25, 0.3) is 6.08 Å². The van der Waals surface area contributed by atoms with Crippen molar-refractivity contribution in [1.82, 2.24) is 4.98 Å². The average Bonchev–Trinajstić information content (AvgIpc) is 2.52. The Labute approximate surface area is 136 Å². The van der Waals surface area contributed by atoms with E-state index >= 15 is 0 Å². The lowest BCUT2D eigenvalue weighted by Gasteiger charge is -2.20. The van der Waals surface area contributed by atoms with Crippen LogP contribution in [0.4, 0.5) is 19.0 Å². The van der Waals surface area contributed by atoms with Crippen molar-refractivity contribution in [2.75, 3.05) is 5.32 Å². The summed E-state index contributed by atoms with van der Waals surface area (Å²) in [6, 6.07) is 8.19. The summed E-state index contributed by atoms with van der Waals surface area (Å²) in [5, 5.41) is 11.5. The molecule has 1 unspecified atom stereocenters. The number of carboxylic acid groups (broad SMARTS) is 1. The van der Waals surface area contributed by atoms with Gasteiger partial charge in [-0.25, -0.2) is 9.78 Å². The highest BCUT2D eigenvalue weighted by Crippen LogP contribution is 2.36. The molecule has 0 fully saturated rings. The maximum Gasteiger partial charge on any atom is 0.416 e. The van der Waals surface area contributed by atoms with Gasteiger partial charge in [0, 0.05) is 12.3 Å². The Morgan fingerprint density at radius 2 is 2.04 bits per heavy atom. The van der Waals surface area contributed by atoms with E-state index in [1.165, 1.54) is 12.1 Å². The van der Waals surface area contributed by atoms with E-state index in [1.807, 2.05) is 0 Å². The zero-order chi connectivity index (χ0) is 17.7. The highest BCUT2D eigenvalue weighted by atomic mass is 19.4. The number of carboxylic acids is 1. The van der Waals surface area contributed by atoms with E-state index < -0.39 is 23.8 Å². The topological polar surface area (TPSA) is 62.2 Å². The molecule has 0 aliphatic heterocycles. The Morgan fingerprint density at radius 3 is 2.62 bits per heavy atom. The van der Waals surface area contributed by atoms with Gasteiger partial charge in [0.15, 0.2) is 0 Å². The molecule has 24 heavy (non-hydrogen) atoms. The van der Waals surface area contributed by atoms with Crippen LogP contribution in [0.3, 0.4) is 0 Å². The first-order chi connectivity index (χ1) is 11.3. The minimum atomic E-state index is -4.55. The lowest BCUT2D eigenvalue weighted by molar-refractivity contribution is -0.138. The number of halogens is 3. The predicted octanol–water partition coefficient (Wildman–Crippen LogP) is 4.37. The molecule has 2 N–H and O–H groups in total. The van der Waals surface area contributed by atoms with Crippen LogP contribution in [0.2, 0.25) is 0 Å². The largest absolute Gasteiger partial charge is 0.478 e. The molecule has 4 nitrogen and oxygen atoms in total. The maximum absolute atomic E-state index is 13.3. The number of hydrogen-bond acceptors (Lipinski definition) is 3. The minimum Gasteiger partial charge on any atom is -0.478 e. The fraction of sp³-hybridized carbons (Fsp3) is 0.176. The molecule has 7 heteroatoms. The number of nitrogens with one attached hydrogen (secondary N) is 1. The van der Waals surface area contributed by atoms with Gasteiger partial charge in [-0.3, -0.25) is 0 Å². The fourth-order valence-corrected chi connectivity index (χ4v) is 2.22. The van der Waals surface area contributed by atoms with Gasteiger partial charge in [-0.1, -0.05) is 18.2 Å². The number of aromatic nitrogens is 1. The lowest BCUT2D eigenvalue weighted by Crippen LogP contribution is -2.16. The molecule has 1 atom stereocenters. The van der Waals surface area contributed by atoms with Crippen molar-refractivity contribution in [3.63, 3.8) is 0 Å². The van der Waals surface area contributed by atoms with E-state index in [0.29, 0.717) is 5.82 Å². The Bertz CT molecular complexity index is 743. The fourth-order valence-electron chi connectivity index (χ4n) is 2.22. The molecule has 0 saturated heterocycles. The zero-order valence-corrected chi connectivity index (χ0v) is 12.7. The molecular formula is C17H15F3N2O2. The quantitative estimate of drug-likeness (QED) is 0.796. The monoisotopic (exact) mass is 336 g/mol. The molecule has 2 rings (SSSR count). The summed E-state index contributed by atoms with van der Waals surface area (Å²) in [6.07, 6.45) is -1.09. The number of hydrogen-bond donors (Lipinski definition) is 2. The lowest BCUT2D eigenvalue weighted by atomic mass is 9.98. The van der Waals surface area contributed by atoms with Crippen molar-refractivity contribution in [3.8, 4) is 0 Å². The van der Waals surface area contributed by atoms with Crippen molar-refractivity contribution in [1.29, 1.82) is 0 Å². The van der Waals surface area contributed by atoms with Crippen molar-refractivity contribution in [2.45, 2.75) is 19.1 Å². The first-order valence-corrected chi connectivity index (χ1v) is 7.07. The van der Waals surface area contributed by atoms with Crippen LogP contribution in [0.1, 0.15) is 29.7 Å². The SMILES string of the molecule is CC(Nc1ccccn1)c1ccc(/C=C/C(=O)O)cc1C(F)(F)F. The second-order valence-electron chi connectivity index (χ2n) is 5.10. The number of aliphatic carboxylic acids is 1. The van der Waals surface area contributed by atoms with Crippen LogP contribution in [0, 0.1) is 0 Å². The highest BCUT2D eigenvalue weighted by molar-refractivity contribution is 5.85. The van der Waals surface area contributed by atoms with Gasteiger partial charge >= 0.3 is 12.1 Å². The summed E-state index contributed by atoms with van der Waals surface area (Å²) in [4.78, 5) is 14.5. The van der Waals surface area contributed by atoms with E-state index in [1.54, 1.807) is 31.3 Å². The van der Waals surface area contributed by atoms with Crippen molar-refractivity contribution in [2.24, 2.45) is 0 Å². The summed E-state index contributed by atoms with van der Waals surface area (Å²) in [5.41, 5.74) is -0.592. The average molecular weight is 336 g/mol. The molecule has 2 aromatic rings. The molecule has 0 spiro atoms. The molecule has 0 aliphatic rings. The summed E-state index contributed by atoms with van der Waals surface area (Å²) < 4.78 is 40.0. The van der Waals surface area contributed by atoms with Crippen molar-refractivity contribution < 1.29 is 23.1 Å². The molecule has 0 bridgehead atoms. The standard InChI is InChI=1S/C17H15F3N2O2/c1-11(22-15-4-2-3-9-21-15)13-7-5-12(6-8-16(23)24)10-14(13)17(18,19)20/h2-11H,1H3,(H,21,22)(H,23,24)/b8-6+. The van der Waals surface area contributed by atoms with Gasteiger partial charge in [0.2, 0.25) is 0 Å². The third kappa shape index (κ3) is 4.58. The summed E-state index contributed by atoms with van der Waals surface area (Å²) >= 11 is 0. The second-order valence-corrected chi connectivity index (χ2v) is 5.10. The van der Waals surface area contributed by atoms with Gasteiger partial charge in [0.05, 0.1) is 11.6 Å². The number of nitrogens with zero attached hydrogens (tertiary/aromatic N) is 1. The molecule has 1 heterocycles. The van der Waals surface area contributed by atoms with Gasteiger partial charge < -0.3 is 10.4 Å². The molecule has 0 saturated carbocycles. The van der Waals surface area contributed by atoms with Gasteiger partial charge in [-0.2, -0.15) is 13.2 Å². The molecule has 0 amide bonds. The number of rotatable bonds is 5. The van der Waals surface area contributed by atoms with Crippen LogP contribution < -0.4 is 5.32 Å². The van der Waals surface area contributed by atoms with E-state index in [-0.39, 0.29) is 11.1 Å². The number of carbonyl (C=O) groups is 1. The van der Waals surface area contributed by atoms with Crippen molar-refractivity contribution in [3.05, 3.63) is 65.4 Å². The number of benzene rings is 1. The first kappa shape index (κ1) is 17.5. The van der Waals surface area contributed by atoms with E-state index in [4.69, 9.17) is 5.11 Å². The third-order valence-electron chi connectivity index (χ3n) is 3.30. The smallest absolute Gasteiger partial charge is 0.416 e. The van der Waals surface area contributed by atoms with Gasteiger partial charge in [0.1, 0.15) is 5.82 Å². The van der Waals surface area contributed by atoms with Crippen LogP contribution in [0.5, 0.6) is 0 Å². The minimum absolute atomic E-state index is 0.0561. The Hall–Kier alpha value is -2.83. The van der Waals surface area contributed by atoms with E-state index in [0.717, 1.165) is 18.2 Å². The summed E-state index contributed by atoms with van der Waals surface area (Å²) in [6.45, 7) is 1.60. The molecular weight excluding hydrogens is 321 g/mol. The maximum atomic E-state index is 13.3. The normalized spacial score (nSPS) is 13.0. The first-order valence-electron chi connectivity index (χ1n) is 7.07. The zero-order valence-electron chi connectivity index (χ0n) is 12.7. The van der Waals surface area contributed by atoms with Crippen LogP contribution in [-0.2, 0) is 11.0 Å². The summed E-state index contributed by atoms with van der Waals surface area (Å²) in [5.74, 6) is -0.759. The third-order valence-corrected chi connectivity index (χ3v) is 3.30. The van der Waals surface area contributed by atoms with Crippen LogP contribution in [0.15, 0.2) is 48.7 Å².